The molecule has 0 amide bonds. The predicted octanol–water partition coefficient (Wildman–Crippen LogP) is 1.10. The summed E-state index contributed by atoms with van der Waals surface area (Å²) in [6, 6.07) is 0. The fourth-order valence-electron chi connectivity index (χ4n) is 1.84. The summed E-state index contributed by atoms with van der Waals surface area (Å²) in [5.74, 6) is 0. The van der Waals surface area contributed by atoms with Crippen LogP contribution in [0.5, 0.6) is 0 Å². The minimum atomic E-state index is 0.00389. The van der Waals surface area contributed by atoms with E-state index in [-0.39, 0.29) is 5.56 Å². The van der Waals surface area contributed by atoms with E-state index in [1.165, 1.54) is 19.0 Å². The molecule has 0 saturated carbocycles. The lowest BCUT2D eigenvalue weighted by Gasteiger charge is -2.14. The van der Waals surface area contributed by atoms with Gasteiger partial charge >= 0.3 is 0 Å². The Hall–Kier alpha value is -0.680. The molecule has 2 rings (SSSR count). The van der Waals surface area contributed by atoms with Crippen LogP contribution in [0.15, 0.2) is 21.8 Å². The number of halogens is 1. The first-order valence-corrected chi connectivity index (χ1v) is 5.99. The van der Waals surface area contributed by atoms with Crippen LogP contribution in [0.2, 0.25) is 0 Å². The highest BCUT2D eigenvalue weighted by Gasteiger charge is 2.11. The van der Waals surface area contributed by atoms with Crippen LogP contribution in [0.1, 0.15) is 12.8 Å². The van der Waals surface area contributed by atoms with Crippen molar-refractivity contribution in [2.24, 2.45) is 0 Å². The first kappa shape index (κ1) is 10.8. The average Bonchev–Trinajstić information content (AvgIpc) is 2.73. The first-order chi connectivity index (χ1) is 7.27. The number of rotatable bonds is 3. The zero-order valence-corrected chi connectivity index (χ0v) is 10.1. The Morgan fingerprint density at radius 2 is 2.07 bits per heavy atom. The highest BCUT2D eigenvalue weighted by atomic mass is 79.9. The van der Waals surface area contributed by atoms with E-state index in [1.807, 2.05) is 0 Å². The topological polar surface area (TPSA) is 38.1 Å². The number of aromatic nitrogens is 2. The third-order valence-electron chi connectivity index (χ3n) is 2.71. The van der Waals surface area contributed by atoms with Crippen LogP contribution in [0, 0.1) is 0 Å². The van der Waals surface area contributed by atoms with Crippen LogP contribution < -0.4 is 5.56 Å². The Kier molecular flexibility index (Phi) is 3.53. The van der Waals surface area contributed by atoms with Gasteiger partial charge in [-0.25, -0.2) is 4.98 Å². The Bertz CT molecular complexity index is 384. The molecule has 1 fully saturated rings. The highest BCUT2D eigenvalue weighted by molar-refractivity contribution is 9.10. The van der Waals surface area contributed by atoms with Gasteiger partial charge in [0.2, 0.25) is 0 Å². The van der Waals surface area contributed by atoms with Crippen molar-refractivity contribution in [3.8, 4) is 0 Å². The molecule has 1 aromatic heterocycles. The fraction of sp³-hybridized carbons (Fsp3) is 0.600. The molecular formula is C10H14BrN3O. The summed E-state index contributed by atoms with van der Waals surface area (Å²) < 4.78 is 2.19. The van der Waals surface area contributed by atoms with E-state index in [1.54, 1.807) is 10.9 Å². The molecule has 15 heavy (non-hydrogen) atoms. The molecule has 0 spiro atoms. The van der Waals surface area contributed by atoms with Gasteiger partial charge in [0.05, 0.1) is 6.33 Å². The molecule has 0 radical (unpaired) electrons. The van der Waals surface area contributed by atoms with E-state index in [4.69, 9.17) is 0 Å². The van der Waals surface area contributed by atoms with Gasteiger partial charge in [-0.3, -0.25) is 9.36 Å². The summed E-state index contributed by atoms with van der Waals surface area (Å²) in [6.45, 7) is 4.00. The van der Waals surface area contributed by atoms with Gasteiger partial charge in [0.25, 0.3) is 5.56 Å². The zero-order chi connectivity index (χ0) is 10.7. The molecule has 0 N–H and O–H groups in total. The first-order valence-electron chi connectivity index (χ1n) is 5.19. The second kappa shape index (κ2) is 4.90. The van der Waals surface area contributed by atoms with E-state index in [2.05, 4.69) is 25.8 Å². The molecule has 1 saturated heterocycles. The maximum absolute atomic E-state index is 11.6. The molecule has 0 bridgehead atoms. The molecular weight excluding hydrogens is 258 g/mol. The van der Waals surface area contributed by atoms with Gasteiger partial charge in [0.15, 0.2) is 0 Å². The molecule has 2 heterocycles. The lowest BCUT2D eigenvalue weighted by molar-refractivity contribution is 0.319. The Morgan fingerprint density at radius 3 is 2.80 bits per heavy atom. The third kappa shape index (κ3) is 2.66. The van der Waals surface area contributed by atoms with Gasteiger partial charge in [0, 0.05) is 19.3 Å². The summed E-state index contributed by atoms with van der Waals surface area (Å²) in [4.78, 5) is 18.0. The third-order valence-corrected chi connectivity index (χ3v) is 3.26. The standard InChI is InChI=1S/C10H14BrN3O/c11-9-7-12-8-14(10(9)15)6-5-13-3-1-2-4-13/h7-8H,1-6H2. The van der Waals surface area contributed by atoms with Crippen molar-refractivity contribution in [3.63, 3.8) is 0 Å². The molecule has 0 aromatic carbocycles. The summed E-state index contributed by atoms with van der Waals surface area (Å²) >= 11 is 3.19. The molecule has 0 aliphatic carbocycles. The van der Waals surface area contributed by atoms with Crippen LogP contribution >= 0.6 is 15.9 Å². The molecule has 4 nitrogen and oxygen atoms in total. The lowest BCUT2D eigenvalue weighted by atomic mass is 10.4. The van der Waals surface area contributed by atoms with Gasteiger partial charge in [-0.15, -0.1) is 0 Å². The van der Waals surface area contributed by atoms with Crippen molar-refractivity contribution in [2.75, 3.05) is 19.6 Å². The van der Waals surface area contributed by atoms with Crippen molar-refractivity contribution >= 4 is 15.9 Å². The maximum atomic E-state index is 11.6. The van der Waals surface area contributed by atoms with Crippen molar-refractivity contribution in [2.45, 2.75) is 19.4 Å². The fourth-order valence-corrected chi connectivity index (χ4v) is 2.18. The van der Waals surface area contributed by atoms with Crippen molar-refractivity contribution in [1.82, 2.24) is 14.5 Å². The number of nitrogens with zero attached hydrogens (tertiary/aromatic N) is 3. The van der Waals surface area contributed by atoms with E-state index < -0.39 is 0 Å². The molecule has 5 heteroatoms. The van der Waals surface area contributed by atoms with Crippen LogP contribution in [0.4, 0.5) is 0 Å². The Balaban J connectivity index is 1.98. The average molecular weight is 272 g/mol. The number of hydrogen-bond donors (Lipinski definition) is 0. The Labute approximate surface area is 97.1 Å². The molecule has 0 unspecified atom stereocenters. The highest BCUT2D eigenvalue weighted by Crippen LogP contribution is 2.06. The molecule has 1 aromatic rings. The summed E-state index contributed by atoms with van der Waals surface area (Å²) in [5.41, 5.74) is 0.00389. The summed E-state index contributed by atoms with van der Waals surface area (Å²) in [5, 5.41) is 0. The van der Waals surface area contributed by atoms with Crippen LogP contribution in [0.3, 0.4) is 0 Å². The molecule has 82 valence electrons. The lowest BCUT2D eigenvalue weighted by Crippen LogP contribution is -2.29. The minimum absolute atomic E-state index is 0.00389. The van der Waals surface area contributed by atoms with E-state index in [0.29, 0.717) is 4.47 Å². The van der Waals surface area contributed by atoms with Gasteiger partial charge in [-0.2, -0.15) is 0 Å². The second-order valence-corrected chi connectivity index (χ2v) is 4.64. The number of hydrogen-bond acceptors (Lipinski definition) is 3. The molecule has 0 atom stereocenters. The van der Waals surface area contributed by atoms with E-state index in [0.717, 1.165) is 26.2 Å². The van der Waals surface area contributed by atoms with Crippen LogP contribution in [-0.4, -0.2) is 34.1 Å². The maximum Gasteiger partial charge on any atom is 0.267 e. The Morgan fingerprint density at radius 1 is 1.33 bits per heavy atom. The van der Waals surface area contributed by atoms with Gasteiger partial charge < -0.3 is 4.90 Å². The van der Waals surface area contributed by atoms with Gasteiger partial charge in [0.1, 0.15) is 4.47 Å². The summed E-state index contributed by atoms with van der Waals surface area (Å²) in [6.07, 6.45) is 5.70. The zero-order valence-electron chi connectivity index (χ0n) is 8.53. The summed E-state index contributed by atoms with van der Waals surface area (Å²) in [7, 11) is 0. The smallest absolute Gasteiger partial charge is 0.267 e. The van der Waals surface area contributed by atoms with Gasteiger partial charge in [-0.1, -0.05) is 0 Å². The normalized spacial score (nSPS) is 17.1. The molecule has 1 aliphatic heterocycles. The van der Waals surface area contributed by atoms with Gasteiger partial charge in [-0.05, 0) is 41.9 Å². The van der Waals surface area contributed by atoms with E-state index >= 15 is 0 Å². The SMILES string of the molecule is O=c1c(Br)cncn1CCN1CCCC1. The molecule has 1 aliphatic rings. The monoisotopic (exact) mass is 271 g/mol. The van der Waals surface area contributed by atoms with Crippen molar-refractivity contribution in [3.05, 3.63) is 27.4 Å². The minimum Gasteiger partial charge on any atom is -0.302 e. The van der Waals surface area contributed by atoms with Crippen LogP contribution in [-0.2, 0) is 6.54 Å². The van der Waals surface area contributed by atoms with Crippen molar-refractivity contribution in [1.29, 1.82) is 0 Å². The predicted molar refractivity (Wildman–Crippen MR) is 61.9 cm³/mol. The second-order valence-electron chi connectivity index (χ2n) is 3.79. The van der Waals surface area contributed by atoms with Crippen molar-refractivity contribution < 1.29 is 0 Å². The number of likely N-dealkylation sites (tertiary alicyclic amines) is 1. The quantitative estimate of drug-likeness (QED) is 0.827. The largest absolute Gasteiger partial charge is 0.302 e. The van der Waals surface area contributed by atoms with E-state index in [9.17, 15) is 4.79 Å². The van der Waals surface area contributed by atoms with Crippen LogP contribution in [0.25, 0.3) is 0 Å².